The minimum Gasteiger partial charge on any atom is -0.469 e. The summed E-state index contributed by atoms with van der Waals surface area (Å²) in [5.74, 6) is 1.89. The summed E-state index contributed by atoms with van der Waals surface area (Å²) in [6.45, 7) is 4.55. The van der Waals surface area contributed by atoms with Crippen LogP contribution in [0, 0.1) is 0 Å². The molecule has 0 aromatic carbocycles. The van der Waals surface area contributed by atoms with Crippen molar-refractivity contribution in [3.05, 3.63) is 42.1 Å². The highest BCUT2D eigenvalue weighted by molar-refractivity contribution is 14.0. The minimum atomic E-state index is 0. The largest absolute Gasteiger partial charge is 0.469 e. The number of hydrogen-bond donors (Lipinski definition) is 1. The Kier molecular flexibility index (Phi) is 8.37. The SMILES string of the molecule is Cn1cc(C2CN(C(=NCC3CCCO3)NCCc3ccco3)CCO2)cn1.I. The van der Waals surface area contributed by atoms with Crippen LogP contribution < -0.4 is 5.32 Å². The fourth-order valence-electron chi connectivity index (χ4n) is 3.65. The smallest absolute Gasteiger partial charge is 0.194 e. The topological polar surface area (TPSA) is 77.0 Å². The molecule has 0 aliphatic carbocycles. The molecule has 2 saturated heterocycles. The van der Waals surface area contributed by atoms with Gasteiger partial charge < -0.3 is 24.1 Å². The third kappa shape index (κ3) is 6.19. The molecule has 0 spiro atoms. The Labute approximate surface area is 188 Å². The van der Waals surface area contributed by atoms with Crippen molar-refractivity contribution in [1.29, 1.82) is 0 Å². The molecule has 4 heterocycles. The maximum absolute atomic E-state index is 5.98. The molecule has 0 radical (unpaired) electrons. The van der Waals surface area contributed by atoms with Crippen molar-refractivity contribution >= 4 is 29.9 Å². The molecular formula is C20H30IN5O3. The van der Waals surface area contributed by atoms with E-state index in [1.54, 1.807) is 6.26 Å². The van der Waals surface area contributed by atoms with Gasteiger partial charge in [0, 0.05) is 44.9 Å². The summed E-state index contributed by atoms with van der Waals surface area (Å²) in [6.07, 6.45) is 8.87. The van der Waals surface area contributed by atoms with E-state index in [9.17, 15) is 0 Å². The highest BCUT2D eigenvalue weighted by Crippen LogP contribution is 2.22. The number of aliphatic imine (C=N–C) groups is 1. The predicted molar refractivity (Wildman–Crippen MR) is 121 cm³/mol. The van der Waals surface area contributed by atoms with E-state index < -0.39 is 0 Å². The zero-order valence-corrected chi connectivity index (χ0v) is 19.2. The van der Waals surface area contributed by atoms with E-state index in [-0.39, 0.29) is 36.2 Å². The highest BCUT2D eigenvalue weighted by atomic mass is 127. The van der Waals surface area contributed by atoms with Gasteiger partial charge in [-0.05, 0) is 25.0 Å². The van der Waals surface area contributed by atoms with Crippen LogP contribution in [-0.2, 0) is 22.9 Å². The van der Waals surface area contributed by atoms with Gasteiger partial charge in [-0.2, -0.15) is 5.10 Å². The Morgan fingerprint density at radius 2 is 2.28 bits per heavy atom. The van der Waals surface area contributed by atoms with Crippen molar-refractivity contribution in [3.63, 3.8) is 0 Å². The van der Waals surface area contributed by atoms with Crippen molar-refractivity contribution < 1.29 is 13.9 Å². The van der Waals surface area contributed by atoms with Gasteiger partial charge in [-0.3, -0.25) is 9.67 Å². The lowest BCUT2D eigenvalue weighted by molar-refractivity contribution is -0.00815. The molecule has 0 amide bonds. The quantitative estimate of drug-likeness (QED) is 0.362. The number of guanidine groups is 1. The number of rotatable bonds is 6. The van der Waals surface area contributed by atoms with Gasteiger partial charge in [0.2, 0.25) is 0 Å². The molecule has 4 rings (SSSR count). The van der Waals surface area contributed by atoms with Gasteiger partial charge in [0.15, 0.2) is 5.96 Å². The Balaban J connectivity index is 0.00000240. The number of halogens is 1. The molecule has 2 atom stereocenters. The van der Waals surface area contributed by atoms with Crippen LogP contribution in [0.15, 0.2) is 40.2 Å². The number of aromatic nitrogens is 2. The lowest BCUT2D eigenvalue weighted by atomic mass is 10.1. The molecule has 8 nitrogen and oxygen atoms in total. The molecule has 29 heavy (non-hydrogen) atoms. The molecule has 9 heteroatoms. The zero-order chi connectivity index (χ0) is 19.2. The molecule has 2 unspecified atom stereocenters. The summed E-state index contributed by atoms with van der Waals surface area (Å²) < 4.78 is 19.0. The van der Waals surface area contributed by atoms with Crippen molar-refractivity contribution in [1.82, 2.24) is 20.0 Å². The Hall–Kier alpha value is -1.59. The van der Waals surface area contributed by atoms with Gasteiger partial charge >= 0.3 is 0 Å². The van der Waals surface area contributed by atoms with Gasteiger partial charge in [-0.15, -0.1) is 24.0 Å². The van der Waals surface area contributed by atoms with Crippen molar-refractivity contribution in [3.8, 4) is 0 Å². The molecule has 2 aromatic heterocycles. The van der Waals surface area contributed by atoms with E-state index in [1.165, 1.54) is 0 Å². The number of hydrogen-bond acceptors (Lipinski definition) is 5. The first kappa shape index (κ1) is 22.1. The fraction of sp³-hybridized carbons (Fsp3) is 0.600. The second-order valence-corrected chi connectivity index (χ2v) is 7.31. The Morgan fingerprint density at radius 1 is 1.34 bits per heavy atom. The molecule has 1 N–H and O–H groups in total. The first-order valence-corrected chi connectivity index (χ1v) is 10.1. The summed E-state index contributed by atoms with van der Waals surface area (Å²) in [5, 5.41) is 7.79. The summed E-state index contributed by atoms with van der Waals surface area (Å²) in [4.78, 5) is 7.16. The van der Waals surface area contributed by atoms with E-state index in [1.807, 2.05) is 36.3 Å². The van der Waals surface area contributed by atoms with Gasteiger partial charge in [0.1, 0.15) is 11.9 Å². The normalized spacial score (nSPS) is 22.5. The van der Waals surface area contributed by atoms with E-state index in [2.05, 4.69) is 15.3 Å². The third-order valence-electron chi connectivity index (χ3n) is 5.17. The first-order chi connectivity index (χ1) is 13.8. The molecule has 2 fully saturated rings. The lowest BCUT2D eigenvalue weighted by Crippen LogP contribution is -2.48. The summed E-state index contributed by atoms with van der Waals surface area (Å²) in [5.41, 5.74) is 1.10. The van der Waals surface area contributed by atoms with Crippen LogP contribution >= 0.6 is 24.0 Å². The monoisotopic (exact) mass is 515 g/mol. The fourth-order valence-corrected chi connectivity index (χ4v) is 3.65. The van der Waals surface area contributed by atoms with Crippen LogP contribution in [-0.4, -0.2) is 66.1 Å². The number of aryl methyl sites for hydroxylation is 1. The van der Waals surface area contributed by atoms with E-state index >= 15 is 0 Å². The molecule has 160 valence electrons. The van der Waals surface area contributed by atoms with Crippen LogP contribution in [0.2, 0.25) is 0 Å². The van der Waals surface area contributed by atoms with E-state index in [0.717, 1.165) is 62.8 Å². The minimum absolute atomic E-state index is 0. The lowest BCUT2D eigenvalue weighted by Gasteiger charge is -2.35. The van der Waals surface area contributed by atoms with Crippen molar-refractivity contribution in [2.24, 2.45) is 12.0 Å². The maximum Gasteiger partial charge on any atom is 0.194 e. The molecular weight excluding hydrogens is 485 g/mol. The van der Waals surface area contributed by atoms with E-state index in [4.69, 9.17) is 18.9 Å². The van der Waals surface area contributed by atoms with E-state index in [0.29, 0.717) is 13.2 Å². The standard InChI is InChI=1S/C20H29N5O3.HI/c1-24-14-16(12-23-24)19-15-25(8-11-28-19)20(22-13-18-5-3-10-27-18)21-7-6-17-4-2-9-26-17;/h2,4,9,12,14,18-19H,3,5-8,10-11,13,15H2,1H3,(H,21,22);1H. The number of morpholine rings is 1. The third-order valence-corrected chi connectivity index (χ3v) is 5.17. The van der Waals surface area contributed by atoms with Crippen LogP contribution in [0.1, 0.15) is 30.3 Å². The number of nitrogens with zero attached hydrogens (tertiary/aromatic N) is 4. The zero-order valence-electron chi connectivity index (χ0n) is 16.8. The molecule has 2 aliphatic heterocycles. The predicted octanol–water partition coefficient (Wildman–Crippen LogP) is 2.37. The summed E-state index contributed by atoms with van der Waals surface area (Å²) in [7, 11) is 1.93. The molecule has 0 bridgehead atoms. The molecule has 2 aromatic rings. The summed E-state index contributed by atoms with van der Waals surface area (Å²) >= 11 is 0. The number of furan rings is 1. The van der Waals surface area contributed by atoms with Crippen LogP contribution in [0.3, 0.4) is 0 Å². The second-order valence-electron chi connectivity index (χ2n) is 7.31. The molecule has 2 aliphatic rings. The average Bonchev–Trinajstić information content (AvgIpc) is 3.47. The summed E-state index contributed by atoms with van der Waals surface area (Å²) in [6, 6.07) is 3.92. The average molecular weight is 515 g/mol. The van der Waals surface area contributed by atoms with Crippen LogP contribution in [0.4, 0.5) is 0 Å². The number of ether oxygens (including phenoxy) is 2. The van der Waals surface area contributed by atoms with Crippen LogP contribution in [0.25, 0.3) is 0 Å². The van der Waals surface area contributed by atoms with Gasteiger partial charge in [-0.25, -0.2) is 0 Å². The van der Waals surface area contributed by atoms with Crippen molar-refractivity contribution in [2.45, 2.75) is 31.5 Å². The van der Waals surface area contributed by atoms with Crippen molar-refractivity contribution in [2.75, 3.05) is 39.4 Å². The van der Waals surface area contributed by atoms with Gasteiger partial charge in [0.25, 0.3) is 0 Å². The Bertz CT molecular complexity index is 758. The van der Waals surface area contributed by atoms with Gasteiger partial charge in [0.05, 0.1) is 38.3 Å². The van der Waals surface area contributed by atoms with Gasteiger partial charge in [-0.1, -0.05) is 0 Å². The maximum atomic E-state index is 5.98. The highest BCUT2D eigenvalue weighted by Gasteiger charge is 2.26. The van der Waals surface area contributed by atoms with Crippen LogP contribution in [0.5, 0.6) is 0 Å². The Morgan fingerprint density at radius 3 is 3.00 bits per heavy atom. The molecule has 0 saturated carbocycles. The number of nitrogens with one attached hydrogen (secondary N) is 1. The first-order valence-electron chi connectivity index (χ1n) is 10.1. The second kappa shape index (κ2) is 11.0.